The normalized spacial score (nSPS) is 12.4. The quantitative estimate of drug-likeness (QED) is 0.325. The number of nitrogens with zero attached hydrogens (tertiary/aromatic N) is 2. The van der Waals surface area contributed by atoms with E-state index in [4.69, 9.17) is 5.26 Å². The van der Waals surface area contributed by atoms with Gasteiger partial charge in [0.1, 0.15) is 0 Å². The molecule has 4 aromatic rings. The molecule has 3 aromatic carbocycles. The Hall–Kier alpha value is -3.47. The summed E-state index contributed by atoms with van der Waals surface area (Å²) in [7, 11) is 0. The molecule has 29 heavy (non-hydrogen) atoms. The van der Waals surface area contributed by atoms with Crippen LogP contribution in [0.5, 0.6) is 0 Å². The predicted octanol–water partition coefficient (Wildman–Crippen LogP) is 6.69. The van der Waals surface area contributed by atoms with Crippen LogP contribution in [0.1, 0.15) is 16.7 Å². The molecule has 0 spiro atoms. The molecule has 0 saturated heterocycles. The topological polar surface area (TPSA) is 28.7 Å². The summed E-state index contributed by atoms with van der Waals surface area (Å²) in [5, 5.41) is 10.0. The first kappa shape index (κ1) is 18.9. The van der Waals surface area contributed by atoms with E-state index in [0.717, 1.165) is 4.57 Å². The third-order valence-corrected chi connectivity index (χ3v) is 4.65. The summed E-state index contributed by atoms with van der Waals surface area (Å²) in [5.74, 6) is 0. The van der Waals surface area contributed by atoms with Crippen LogP contribution in [0.2, 0.25) is 0 Å². The van der Waals surface area contributed by atoms with E-state index in [9.17, 15) is 26.3 Å². The number of halogens is 6. The standard InChI is InChI=1S/C21H10F6N2/c22-20(23,24)15-9-12(11-28)10-16(21(25,26)27)19(15)29-17-7-3-1-5-13(17)14-6-2-4-8-18(14)29/h1-10H. The van der Waals surface area contributed by atoms with Gasteiger partial charge in [0.25, 0.3) is 0 Å². The fraction of sp³-hybridized carbons (Fsp3) is 0.0952. The van der Waals surface area contributed by atoms with Gasteiger partial charge in [-0.3, -0.25) is 0 Å². The first-order chi connectivity index (χ1) is 13.6. The minimum atomic E-state index is -5.10. The van der Waals surface area contributed by atoms with Gasteiger partial charge >= 0.3 is 12.4 Å². The highest BCUT2D eigenvalue weighted by Gasteiger charge is 2.43. The van der Waals surface area contributed by atoms with Crippen molar-refractivity contribution in [2.45, 2.75) is 12.4 Å². The second kappa shape index (κ2) is 6.27. The molecule has 0 N–H and O–H groups in total. The van der Waals surface area contributed by atoms with Gasteiger partial charge in [-0.2, -0.15) is 31.6 Å². The van der Waals surface area contributed by atoms with E-state index in [-0.39, 0.29) is 11.0 Å². The summed E-state index contributed by atoms with van der Waals surface area (Å²) >= 11 is 0. The number of aromatic nitrogens is 1. The number of hydrogen-bond acceptors (Lipinski definition) is 1. The summed E-state index contributed by atoms with van der Waals surface area (Å²) in [5.41, 5.74) is -4.38. The van der Waals surface area contributed by atoms with Gasteiger partial charge in [0.05, 0.1) is 39.5 Å². The van der Waals surface area contributed by atoms with Crippen molar-refractivity contribution >= 4 is 21.8 Å². The van der Waals surface area contributed by atoms with Crippen LogP contribution in [0.25, 0.3) is 27.5 Å². The van der Waals surface area contributed by atoms with Crippen LogP contribution >= 0.6 is 0 Å². The van der Waals surface area contributed by atoms with E-state index in [2.05, 4.69) is 0 Å². The van der Waals surface area contributed by atoms with Gasteiger partial charge < -0.3 is 4.57 Å². The van der Waals surface area contributed by atoms with Gasteiger partial charge in [0.2, 0.25) is 0 Å². The van der Waals surface area contributed by atoms with Gasteiger partial charge in [0, 0.05) is 10.8 Å². The highest BCUT2D eigenvalue weighted by Crippen LogP contribution is 2.45. The molecular weight excluding hydrogens is 394 g/mol. The number of fused-ring (bicyclic) bond motifs is 3. The van der Waals surface area contributed by atoms with Gasteiger partial charge in [0.15, 0.2) is 0 Å². The number of benzene rings is 3. The maximum Gasteiger partial charge on any atom is 0.418 e. The molecule has 146 valence electrons. The van der Waals surface area contributed by atoms with Crippen LogP contribution in [0.15, 0.2) is 60.7 Å². The summed E-state index contributed by atoms with van der Waals surface area (Å²) in [6.45, 7) is 0. The molecule has 8 heteroatoms. The number of para-hydroxylation sites is 2. The molecule has 0 unspecified atom stereocenters. The highest BCUT2D eigenvalue weighted by atomic mass is 19.4. The zero-order valence-corrected chi connectivity index (χ0v) is 14.4. The van der Waals surface area contributed by atoms with Crippen molar-refractivity contribution in [2.75, 3.05) is 0 Å². The Kier molecular flexibility index (Phi) is 4.08. The smallest absolute Gasteiger partial charge is 0.308 e. The largest absolute Gasteiger partial charge is 0.418 e. The lowest BCUT2D eigenvalue weighted by atomic mass is 10.0. The molecule has 1 aromatic heterocycles. The Morgan fingerprint density at radius 1 is 0.690 bits per heavy atom. The Morgan fingerprint density at radius 2 is 1.10 bits per heavy atom. The van der Waals surface area contributed by atoms with E-state index in [0.29, 0.717) is 22.9 Å². The van der Waals surface area contributed by atoms with Gasteiger partial charge in [-0.1, -0.05) is 36.4 Å². The van der Waals surface area contributed by atoms with Crippen LogP contribution in [0.3, 0.4) is 0 Å². The van der Waals surface area contributed by atoms with Crippen molar-refractivity contribution in [3.8, 4) is 11.8 Å². The highest BCUT2D eigenvalue weighted by molar-refractivity contribution is 6.09. The molecule has 0 saturated carbocycles. The van der Waals surface area contributed by atoms with Crippen molar-refractivity contribution in [1.82, 2.24) is 4.57 Å². The molecule has 0 aliphatic rings. The first-order valence-electron chi connectivity index (χ1n) is 8.34. The minimum Gasteiger partial charge on any atom is -0.308 e. The van der Waals surface area contributed by atoms with Crippen LogP contribution in [0.4, 0.5) is 26.3 Å². The Morgan fingerprint density at radius 3 is 1.48 bits per heavy atom. The van der Waals surface area contributed by atoms with E-state index < -0.39 is 34.7 Å². The summed E-state index contributed by atoms with van der Waals surface area (Å²) in [4.78, 5) is 0. The zero-order chi connectivity index (χ0) is 21.0. The maximum atomic E-state index is 13.8. The molecule has 0 atom stereocenters. The maximum absolute atomic E-state index is 13.8. The predicted molar refractivity (Wildman–Crippen MR) is 95.5 cm³/mol. The van der Waals surface area contributed by atoms with Crippen LogP contribution in [0, 0.1) is 11.3 Å². The molecule has 0 bridgehead atoms. The van der Waals surface area contributed by atoms with E-state index >= 15 is 0 Å². The summed E-state index contributed by atoms with van der Waals surface area (Å²) in [6.07, 6.45) is -10.2. The average molecular weight is 404 g/mol. The van der Waals surface area contributed by atoms with Crippen molar-refractivity contribution in [3.63, 3.8) is 0 Å². The van der Waals surface area contributed by atoms with Gasteiger partial charge in [-0.15, -0.1) is 0 Å². The van der Waals surface area contributed by atoms with E-state index in [1.165, 1.54) is 18.2 Å². The molecule has 0 amide bonds. The Balaban J connectivity index is 2.28. The van der Waals surface area contributed by atoms with Crippen molar-refractivity contribution in [1.29, 1.82) is 5.26 Å². The monoisotopic (exact) mass is 404 g/mol. The average Bonchev–Trinajstić information content (AvgIpc) is 3.00. The number of alkyl halides is 6. The second-order valence-electron chi connectivity index (χ2n) is 6.40. The van der Waals surface area contributed by atoms with Crippen LogP contribution < -0.4 is 0 Å². The lowest BCUT2D eigenvalue weighted by Crippen LogP contribution is -2.18. The zero-order valence-electron chi connectivity index (χ0n) is 14.4. The molecule has 2 nitrogen and oxygen atoms in total. The molecule has 1 heterocycles. The van der Waals surface area contributed by atoms with Crippen LogP contribution in [-0.4, -0.2) is 4.57 Å². The lowest BCUT2D eigenvalue weighted by molar-refractivity contribution is -0.142. The van der Waals surface area contributed by atoms with Crippen LogP contribution in [-0.2, 0) is 12.4 Å². The van der Waals surface area contributed by atoms with E-state index in [1.807, 2.05) is 0 Å². The molecule has 0 aliphatic heterocycles. The minimum absolute atomic E-state index is 0.203. The number of rotatable bonds is 1. The Labute approximate surface area is 160 Å². The summed E-state index contributed by atoms with van der Waals surface area (Å²) < 4.78 is 84.0. The van der Waals surface area contributed by atoms with E-state index in [1.54, 1.807) is 36.4 Å². The third-order valence-electron chi connectivity index (χ3n) is 4.65. The molecule has 4 rings (SSSR count). The number of hydrogen-bond donors (Lipinski definition) is 0. The van der Waals surface area contributed by atoms with Gasteiger partial charge in [-0.25, -0.2) is 0 Å². The van der Waals surface area contributed by atoms with Crippen molar-refractivity contribution in [2.24, 2.45) is 0 Å². The SMILES string of the molecule is N#Cc1cc(C(F)(F)F)c(-n2c3ccccc3c3ccccc32)c(C(F)(F)F)c1. The molecule has 0 fully saturated rings. The summed E-state index contributed by atoms with van der Waals surface area (Å²) in [6, 6.07) is 14.9. The molecule has 0 aliphatic carbocycles. The Bertz CT molecular complexity index is 1200. The van der Waals surface area contributed by atoms with Crippen molar-refractivity contribution in [3.05, 3.63) is 77.4 Å². The van der Waals surface area contributed by atoms with Gasteiger partial charge in [-0.05, 0) is 24.3 Å². The molecular formula is C21H10F6N2. The fourth-order valence-corrected chi connectivity index (χ4v) is 3.54. The second-order valence-corrected chi connectivity index (χ2v) is 6.40. The fourth-order valence-electron chi connectivity index (χ4n) is 3.54. The molecule has 0 radical (unpaired) electrons. The third kappa shape index (κ3) is 2.99. The lowest BCUT2D eigenvalue weighted by Gasteiger charge is -2.21. The van der Waals surface area contributed by atoms with Crippen molar-refractivity contribution < 1.29 is 26.3 Å². The number of nitriles is 1. The first-order valence-corrected chi connectivity index (χ1v) is 8.34.